The summed E-state index contributed by atoms with van der Waals surface area (Å²) in [5, 5.41) is 8.99. The maximum atomic E-state index is 12.3. The topological polar surface area (TPSA) is 86.9 Å². The summed E-state index contributed by atoms with van der Waals surface area (Å²) in [7, 11) is 0. The normalized spacial score (nSPS) is 17.2. The van der Waals surface area contributed by atoms with Gasteiger partial charge < -0.3 is 9.84 Å². The van der Waals surface area contributed by atoms with E-state index in [9.17, 15) is 19.6 Å². The lowest BCUT2D eigenvalue weighted by atomic mass is 10.1. The van der Waals surface area contributed by atoms with Gasteiger partial charge in [-0.1, -0.05) is 30.3 Å². The molecule has 0 radical (unpaired) electrons. The van der Waals surface area contributed by atoms with Crippen LogP contribution >= 0.6 is 11.9 Å². The Labute approximate surface area is 141 Å². The number of carbonyl (C=O) groups excluding carboxylic acids is 2. The standard InChI is InChI=1S/C16H12N2O5S/c19-12-8-6-11(7-9-12)10-14-15(20)17(18(22)24-14)16(21)23-13-4-2-1-3-5-13/h1-9,14H,10H2/p+1. The summed E-state index contributed by atoms with van der Waals surface area (Å²) >= 11 is 0.710. The number of hydrogen-bond acceptors (Lipinski definition) is 6. The first kappa shape index (κ1) is 16.0. The molecule has 2 aromatic rings. The molecule has 1 atom stereocenters. The average molecular weight is 345 g/mol. The van der Waals surface area contributed by atoms with Gasteiger partial charge in [-0.3, -0.25) is 4.79 Å². The van der Waals surface area contributed by atoms with Gasteiger partial charge in [-0.05, 0) is 36.2 Å². The highest BCUT2D eigenvalue weighted by Crippen LogP contribution is 2.29. The van der Waals surface area contributed by atoms with E-state index in [2.05, 4.69) is 0 Å². The van der Waals surface area contributed by atoms with Crippen molar-refractivity contribution in [2.45, 2.75) is 11.7 Å². The number of phenolic OH excluding ortho intramolecular Hbond substituents is 1. The fourth-order valence-corrected chi connectivity index (χ4v) is 3.09. The fraction of sp³-hybridized carbons (Fsp3) is 0.125. The van der Waals surface area contributed by atoms with Crippen LogP contribution in [0.3, 0.4) is 0 Å². The molecule has 7 nitrogen and oxygen atoms in total. The van der Waals surface area contributed by atoms with E-state index in [4.69, 9.17) is 4.74 Å². The third-order valence-corrected chi connectivity index (χ3v) is 4.31. The van der Waals surface area contributed by atoms with Crippen molar-refractivity contribution in [3.05, 3.63) is 65.1 Å². The van der Waals surface area contributed by atoms with Gasteiger partial charge in [0.2, 0.25) is 4.27 Å². The Balaban J connectivity index is 1.69. The molecule has 0 aliphatic carbocycles. The Bertz CT molecular complexity index is 779. The molecule has 0 aromatic heterocycles. The third-order valence-electron chi connectivity index (χ3n) is 3.34. The van der Waals surface area contributed by atoms with Crippen LogP contribution in [-0.2, 0) is 11.2 Å². The van der Waals surface area contributed by atoms with Crippen LogP contribution in [0.4, 0.5) is 4.79 Å². The van der Waals surface area contributed by atoms with E-state index in [1.54, 1.807) is 42.5 Å². The van der Waals surface area contributed by atoms with Crippen LogP contribution in [0.1, 0.15) is 5.56 Å². The van der Waals surface area contributed by atoms with Gasteiger partial charge in [0.25, 0.3) is 11.9 Å². The zero-order chi connectivity index (χ0) is 17.1. The van der Waals surface area contributed by atoms with E-state index in [-0.39, 0.29) is 22.2 Å². The van der Waals surface area contributed by atoms with Crippen molar-refractivity contribution in [2.24, 2.45) is 0 Å². The Kier molecular flexibility index (Phi) is 4.48. The first-order valence-corrected chi connectivity index (χ1v) is 7.91. The Morgan fingerprint density at radius 3 is 2.50 bits per heavy atom. The minimum absolute atomic E-state index is 0.114. The van der Waals surface area contributed by atoms with E-state index < -0.39 is 17.3 Å². The molecule has 1 aliphatic rings. The van der Waals surface area contributed by atoms with Crippen LogP contribution < -0.4 is 4.74 Å². The second kappa shape index (κ2) is 6.71. The van der Waals surface area contributed by atoms with Crippen molar-refractivity contribution in [2.75, 3.05) is 0 Å². The van der Waals surface area contributed by atoms with Crippen LogP contribution in [0.15, 0.2) is 54.6 Å². The quantitative estimate of drug-likeness (QED) is 0.680. The van der Waals surface area contributed by atoms with Gasteiger partial charge in [-0.15, -0.1) is 0 Å². The molecule has 2 aromatic carbocycles. The second-order valence-corrected chi connectivity index (χ2v) is 6.13. The molecule has 0 saturated carbocycles. The van der Waals surface area contributed by atoms with Crippen molar-refractivity contribution >= 4 is 23.9 Å². The number of nitrogens with zero attached hydrogens (tertiary/aromatic N) is 2. The summed E-state index contributed by atoms with van der Waals surface area (Å²) in [5.74, 6) is -0.276. The van der Waals surface area contributed by atoms with E-state index >= 15 is 0 Å². The monoisotopic (exact) mass is 345 g/mol. The Morgan fingerprint density at radius 2 is 1.83 bits per heavy atom. The molecule has 8 heteroatoms. The highest BCUT2D eigenvalue weighted by atomic mass is 32.2. The van der Waals surface area contributed by atoms with Crippen LogP contribution in [0.2, 0.25) is 0 Å². The summed E-state index contributed by atoms with van der Waals surface area (Å²) in [6, 6.07) is 14.5. The maximum Gasteiger partial charge on any atom is 0.481 e. The number of aromatic hydroxyl groups is 1. The molecule has 3 rings (SSSR count). The molecule has 1 fully saturated rings. The molecule has 1 N–H and O–H groups in total. The summed E-state index contributed by atoms with van der Waals surface area (Å²) in [6.45, 7) is 0. The summed E-state index contributed by atoms with van der Waals surface area (Å²) in [6.07, 6.45) is -0.778. The second-order valence-electron chi connectivity index (χ2n) is 5.03. The lowest BCUT2D eigenvalue weighted by molar-refractivity contribution is -0.517. The number of hydrogen-bond donors (Lipinski definition) is 1. The zero-order valence-electron chi connectivity index (χ0n) is 12.4. The van der Waals surface area contributed by atoms with Gasteiger partial charge in [-0.25, -0.2) is 4.79 Å². The van der Waals surface area contributed by atoms with Gasteiger partial charge in [0, 0.05) is 0 Å². The highest BCUT2D eigenvalue weighted by molar-refractivity contribution is 7.95. The van der Waals surface area contributed by atoms with Gasteiger partial charge in [0.15, 0.2) is 5.25 Å². The van der Waals surface area contributed by atoms with Gasteiger partial charge in [-0.2, -0.15) is 0 Å². The fourth-order valence-electron chi connectivity index (χ4n) is 2.18. The highest BCUT2D eigenvalue weighted by Gasteiger charge is 2.54. The van der Waals surface area contributed by atoms with Crippen molar-refractivity contribution < 1.29 is 23.7 Å². The number of amides is 2. The van der Waals surface area contributed by atoms with Crippen LogP contribution in [0.5, 0.6) is 11.5 Å². The number of carbonyl (C=O) groups is 2. The smallest absolute Gasteiger partial charge is 0.481 e. The van der Waals surface area contributed by atoms with E-state index in [1.807, 2.05) is 0 Å². The average Bonchev–Trinajstić information content (AvgIpc) is 2.84. The first-order chi connectivity index (χ1) is 11.5. The predicted molar refractivity (Wildman–Crippen MR) is 86.1 cm³/mol. The van der Waals surface area contributed by atoms with Crippen molar-refractivity contribution in [3.8, 4) is 11.5 Å². The minimum Gasteiger partial charge on any atom is -0.508 e. The van der Waals surface area contributed by atoms with Crippen molar-refractivity contribution in [3.63, 3.8) is 0 Å². The third kappa shape index (κ3) is 3.38. The molecule has 122 valence electrons. The van der Waals surface area contributed by atoms with Crippen LogP contribution in [0.25, 0.3) is 0 Å². The SMILES string of the molecule is O=C(Oc1ccccc1)N1C(=O)C(Cc2ccc(O)cc2)S[N+]1=O. The van der Waals surface area contributed by atoms with Gasteiger partial charge in [0.1, 0.15) is 11.5 Å². The summed E-state index contributed by atoms with van der Waals surface area (Å²) < 4.78 is 5.27. The number of imide groups is 1. The molecule has 2 amide bonds. The number of ether oxygens (including phenoxy) is 1. The van der Waals surface area contributed by atoms with Gasteiger partial charge >= 0.3 is 12.0 Å². The summed E-state index contributed by atoms with van der Waals surface area (Å²) in [4.78, 5) is 36.3. The number of nitroso groups, excluding NO2 is 1. The first-order valence-electron chi connectivity index (χ1n) is 7.07. The largest absolute Gasteiger partial charge is 0.508 e. The lowest BCUT2D eigenvalue weighted by Crippen LogP contribution is -2.40. The zero-order valence-corrected chi connectivity index (χ0v) is 13.2. The van der Waals surface area contributed by atoms with E-state index in [0.717, 1.165) is 5.56 Å². The van der Waals surface area contributed by atoms with Crippen LogP contribution in [0, 0.1) is 4.91 Å². The van der Waals surface area contributed by atoms with Crippen molar-refractivity contribution in [1.82, 2.24) is 5.01 Å². The Hall–Kier alpha value is -2.87. The molecule has 0 bridgehead atoms. The van der Waals surface area contributed by atoms with Crippen molar-refractivity contribution in [1.29, 1.82) is 0 Å². The molecule has 1 aliphatic heterocycles. The van der Waals surface area contributed by atoms with E-state index in [0.29, 0.717) is 17.0 Å². The van der Waals surface area contributed by atoms with Gasteiger partial charge in [0.05, 0.1) is 9.92 Å². The lowest BCUT2D eigenvalue weighted by Gasteiger charge is -2.06. The molecule has 0 spiro atoms. The molecule has 1 saturated heterocycles. The number of rotatable bonds is 3. The molecule has 1 heterocycles. The molecular formula is C16H13N2O5S+. The minimum atomic E-state index is -1.04. The number of phenols is 1. The molecular weight excluding hydrogens is 332 g/mol. The predicted octanol–water partition coefficient (Wildman–Crippen LogP) is 2.69. The number of benzene rings is 2. The number of para-hydroxylation sites is 1. The molecule has 1 unspecified atom stereocenters. The maximum absolute atomic E-state index is 12.3. The number of hydrazine groups is 1. The van der Waals surface area contributed by atoms with E-state index in [1.165, 1.54) is 12.1 Å². The summed E-state index contributed by atoms with van der Waals surface area (Å²) in [5.41, 5.74) is 0.769. The molecule has 24 heavy (non-hydrogen) atoms. The Morgan fingerprint density at radius 1 is 1.17 bits per heavy atom. The van der Waals surface area contributed by atoms with Crippen LogP contribution in [-0.4, -0.2) is 31.6 Å².